The lowest BCUT2D eigenvalue weighted by Gasteiger charge is -2.28. The van der Waals surface area contributed by atoms with E-state index >= 15 is 0 Å². The Morgan fingerprint density at radius 2 is 1.95 bits per heavy atom. The number of anilines is 1. The summed E-state index contributed by atoms with van der Waals surface area (Å²) in [4.78, 5) is 11.2. The molecule has 0 aromatic heterocycles. The third-order valence-corrected chi connectivity index (χ3v) is 4.83. The second kappa shape index (κ2) is 7.11. The van der Waals surface area contributed by atoms with E-state index in [1.165, 1.54) is 32.1 Å². The molecule has 1 saturated carbocycles. The standard InChI is InChI=1S/C16H22BrNO2/c1-2-11-3-5-12(6-4-11)10-18-15-9-13(17)7-8-14(15)16(19)20/h7-9,11-12,18H,2-6,10H2,1H3,(H,19,20). The zero-order valence-electron chi connectivity index (χ0n) is 11.9. The van der Waals surface area contributed by atoms with Gasteiger partial charge in [0.1, 0.15) is 0 Å². The molecular weight excluding hydrogens is 318 g/mol. The van der Waals surface area contributed by atoms with Gasteiger partial charge in [-0.05, 0) is 42.9 Å². The van der Waals surface area contributed by atoms with Gasteiger partial charge in [-0.25, -0.2) is 4.79 Å². The number of rotatable bonds is 5. The summed E-state index contributed by atoms with van der Waals surface area (Å²) in [5, 5.41) is 12.5. The maximum Gasteiger partial charge on any atom is 0.337 e. The van der Waals surface area contributed by atoms with Crippen LogP contribution in [-0.2, 0) is 0 Å². The van der Waals surface area contributed by atoms with E-state index in [-0.39, 0.29) is 0 Å². The Morgan fingerprint density at radius 1 is 1.30 bits per heavy atom. The molecule has 20 heavy (non-hydrogen) atoms. The Bertz CT molecular complexity index is 468. The van der Waals surface area contributed by atoms with E-state index in [1.807, 2.05) is 6.07 Å². The van der Waals surface area contributed by atoms with Crippen molar-refractivity contribution in [1.29, 1.82) is 0 Å². The van der Waals surface area contributed by atoms with Gasteiger partial charge in [-0.15, -0.1) is 0 Å². The molecule has 0 aliphatic heterocycles. The molecule has 0 unspecified atom stereocenters. The van der Waals surface area contributed by atoms with Crippen LogP contribution in [0.1, 0.15) is 49.4 Å². The van der Waals surface area contributed by atoms with Gasteiger partial charge in [0.15, 0.2) is 0 Å². The maximum atomic E-state index is 11.2. The molecule has 0 spiro atoms. The minimum atomic E-state index is -0.880. The van der Waals surface area contributed by atoms with Gasteiger partial charge in [-0.2, -0.15) is 0 Å². The van der Waals surface area contributed by atoms with E-state index in [0.717, 1.165) is 16.9 Å². The van der Waals surface area contributed by atoms with Crippen molar-refractivity contribution in [2.75, 3.05) is 11.9 Å². The summed E-state index contributed by atoms with van der Waals surface area (Å²) < 4.78 is 0.902. The quantitative estimate of drug-likeness (QED) is 0.811. The number of benzene rings is 1. The normalized spacial score (nSPS) is 22.5. The molecule has 0 bridgehead atoms. The van der Waals surface area contributed by atoms with Crippen molar-refractivity contribution in [1.82, 2.24) is 0 Å². The zero-order chi connectivity index (χ0) is 14.5. The molecule has 0 atom stereocenters. The molecule has 1 aliphatic rings. The Labute approximate surface area is 128 Å². The van der Waals surface area contributed by atoms with E-state index in [2.05, 4.69) is 28.2 Å². The highest BCUT2D eigenvalue weighted by atomic mass is 79.9. The van der Waals surface area contributed by atoms with Crippen LogP contribution >= 0.6 is 15.9 Å². The second-order valence-corrected chi connectivity index (χ2v) is 6.59. The molecule has 0 amide bonds. The molecule has 110 valence electrons. The van der Waals surface area contributed by atoms with Crippen molar-refractivity contribution in [3.63, 3.8) is 0 Å². The number of halogens is 1. The van der Waals surface area contributed by atoms with Crippen molar-refractivity contribution < 1.29 is 9.90 Å². The first kappa shape index (κ1) is 15.4. The first-order chi connectivity index (χ1) is 9.60. The van der Waals surface area contributed by atoms with Gasteiger partial charge in [0.25, 0.3) is 0 Å². The van der Waals surface area contributed by atoms with Crippen LogP contribution in [0.25, 0.3) is 0 Å². The molecule has 0 radical (unpaired) electrons. The number of carboxylic acids is 1. The van der Waals surface area contributed by atoms with Gasteiger partial charge in [-0.3, -0.25) is 0 Å². The van der Waals surface area contributed by atoms with E-state index in [4.69, 9.17) is 0 Å². The van der Waals surface area contributed by atoms with Gasteiger partial charge in [-0.1, -0.05) is 42.1 Å². The number of nitrogens with one attached hydrogen (secondary N) is 1. The molecule has 1 aliphatic carbocycles. The van der Waals surface area contributed by atoms with Gasteiger partial charge in [0.2, 0.25) is 0 Å². The Morgan fingerprint density at radius 3 is 2.55 bits per heavy atom. The molecule has 4 heteroatoms. The van der Waals surface area contributed by atoms with Crippen molar-refractivity contribution in [3.05, 3.63) is 28.2 Å². The molecule has 0 saturated heterocycles. The lowest BCUT2D eigenvalue weighted by Crippen LogP contribution is -2.21. The van der Waals surface area contributed by atoms with Crippen molar-refractivity contribution in [3.8, 4) is 0 Å². The molecule has 0 heterocycles. The summed E-state index contributed by atoms with van der Waals surface area (Å²) in [7, 11) is 0. The number of carboxylic acid groups (broad SMARTS) is 1. The third kappa shape index (κ3) is 3.98. The Kier molecular flexibility index (Phi) is 5.46. The fraction of sp³-hybridized carbons (Fsp3) is 0.562. The highest BCUT2D eigenvalue weighted by molar-refractivity contribution is 9.10. The monoisotopic (exact) mass is 339 g/mol. The van der Waals surface area contributed by atoms with Gasteiger partial charge in [0, 0.05) is 16.7 Å². The molecular formula is C16H22BrNO2. The molecule has 3 nitrogen and oxygen atoms in total. The molecule has 1 aromatic carbocycles. The molecule has 1 aromatic rings. The SMILES string of the molecule is CCC1CCC(CNc2cc(Br)ccc2C(=O)O)CC1. The summed E-state index contributed by atoms with van der Waals surface area (Å²) in [6, 6.07) is 5.25. The average Bonchev–Trinajstić information content (AvgIpc) is 2.45. The molecule has 2 rings (SSSR count). The maximum absolute atomic E-state index is 11.2. The van der Waals surface area contributed by atoms with Crippen molar-refractivity contribution >= 4 is 27.6 Å². The lowest BCUT2D eigenvalue weighted by atomic mass is 9.81. The Balaban J connectivity index is 1.94. The fourth-order valence-corrected chi connectivity index (χ4v) is 3.31. The molecule has 2 N–H and O–H groups in total. The lowest BCUT2D eigenvalue weighted by molar-refractivity contribution is 0.0698. The first-order valence-corrected chi connectivity index (χ1v) is 8.16. The van der Waals surface area contributed by atoms with Crippen LogP contribution in [0.5, 0.6) is 0 Å². The van der Waals surface area contributed by atoms with E-state index < -0.39 is 5.97 Å². The van der Waals surface area contributed by atoms with Crippen LogP contribution < -0.4 is 5.32 Å². The van der Waals surface area contributed by atoms with E-state index in [0.29, 0.717) is 17.2 Å². The number of aromatic carboxylic acids is 1. The van der Waals surface area contributed by atoms with E-state index in [9.17, 15) is 9.90 Å². The topological polar surface area (TPSA) is 49.3 Å². The zero-order valence-corrected chi connectivity index (χ0v) is 13.4. The summed E-state index contributed by atoms with van der Waals surface area (Å²) in [5.74, 6) is 0.680. The first-order valence-electron chi connectivity index (χ1n) is 7.36. The Hall–Kier alpha value is -1.03. The van der Waals surface area contributed by atoms with Crippen LogP contribution in [0.4, 0.5) is 5.69 Å². The minimum absolute atomic E-state index is 0.343. The highest BCUT2D eigenvalue weighted by Crippen LogP contribution is 2.31. The van der Waals surface area contributed by atoms with E-state index in [1.54, 1.807) is 12.1 Å². The predicted octanol–water partition coefficient (Wildman–Crippen LogP) is 4.78. The summed E-state index contributed by atoms with van der Waals surface area (Å²) in [6.45, 7) is 3.14. The van der Waals surface area contributed by atoms with Crippen LogP contribution in [0.15, 0.2) is 22.7 Å². The van der Waals surface area contributed by atoms with Crippen LogP contribution in [0.2, 0.25) is 0 Å². The van der Waals surface area contributed by atoms with Gasteiger partial charge in [0.05, 0.1) is 5.56 Å². The second-order valence-electron chi connectivity index (χ2n) is 5.67. The van der Waals surface area contributed by atoms with Gasteiger partial charge < -0.3 is 10.4 Å². The third-order valence-electron chi connectivity index (χ3n) is 4.34. The van der Waals surface area contributed by atoms with Gasteiger partial charge >= 0.3 is 5.97 Å². The van der Waals surface area contributed by atoms with Crippen LogP contribution in [0, 0.1) is 11.8 Å². The number of carbonyl (C=O) groups is 1. The largest absolute Gasteiger partial charge is 0.478 e. The summed E-state index contributed by atoms with van der Waals surface area (Å²) in [5.41, 5.74) is 1.06. The number of hydrogen-bond acceptors (Lipinski definition) is 2. The highest BCUT2D eigenvalue weighted by Gasteiger charge is 2.20. The van der Waals surface area contributed by atoms with Crippen molar-refractivity contribution in [2.45, 2.75) is 39.0 Å². The average molecular weight is 340 g/mol. The summed E-state index contributed by atoms with van der Waals surface area (Å²) >= 11 is 3.40. The van der Waals surface area contributed by atoms with Crippen LogP contribution in [0.3, 0.4) is 0 Å². The smallest absolute Gasteiger partial charge is 0.337 e. The number of hydrogen-bond donors (Lipinski definition) is 2. The fourth-order valence-electron chi connectivity index (χ4n) is 2.95. The predicted molar refractivity (Wildman–Crippen MR) is 85.3 cm³/mol. The summed E-state index contributed by atoms with van der Waals surface area (Å²) in [6.07, 6.45) is 6.42. The minimum Gasteiger partial charge on any atom is -0.478 e. The van der Waals surface area contributed by atoms with Crippen molar-refractivity contribution in [2.24, 2.45) is 11.8 Å². The molecule has 1 fully saturated rings. The van der Waals surface area contributed by atoms with Crippen LogP contribution in [-0.4, -0.2) is 17.6 Å².